The van der Waals surface area contributed by atoms with Gasteiger partial charge in [0.05, 0.1) is 5.92 Å². The van der Waals surface area contributed by atoms with Crippen molar-refractivity contribution in [1.82, 2.24) is 0 Å². The minimum Gasteiger partial charge on any atom is -0.455 e. The van der Waals surface area contributed by atoms with Gasteiger partial charge in [0.25, 0.3) is 5.91 Å². The molecule has 2 aromatic rings. The van der Waals surface area contributed by atoms with Crippen molar-refractivity contribution in [3.8, 4) is 0 Å². The average molecular weight is 459 g/mol. The van der Waals surface area contributed by atoms with E-state index in [2.05, 4.69) is 21.2 Å². The van der Waals surface area contributed by atoms with Gasteiger partial charge in [-0.3, -0.25) is 14.4 Å². The molecule has 1 fully saturated rings. The van der Waals surface area contributed by atoms with Gasteiger partial charge in [-0.05, 0) is 61.7 Å². The average Bonchev–Trinajstić information content (AvgIpc) is 3.08. The molecule has 6 nitrogen and oxygen atoms in total. The Morgan fingerprint density at radius 3 is 2.66 bits per heavy atom. The Labute approximate surface area is 178 Å². The molecule has 29 heavy (non-hydrogen) atoms. The first-order valence-corrected chi connectivity index (χ1v) is 10.1. The van der Waals surface area contributed by atoms with E-state index in [4.69, 9.17) is 4.74 Å². The van der Waals surface area contributed by atoms with Crippen LogP contribution in [-0.4, -0.2) is 30.9 Å². The zero-order chi connectivity index (χ0) is 21.1. The van der Waals surface area contributed by atoms with Gasteiger partial charge in [-0.25, -0.2) is 0 Å². The summed E-state index contributed by atoms with van der Waals surface area (Å²) in [6, 6.07) is 11.2. The van der Waals surface area contributed by atoms with E-state index in [1.54, 1.807) is 11.0 Å². The summed E-state index contributed by atoms with van der Waals surface area (Å²) in [7, 11) is 0. The largest absolute Gasteiger partial charge is 0.455 e. The maximum absolute atomic E-state index is 12.4. The Bertz CT molecular complexity index is 973. The molecule has 3 rings (SSSR count). The highest BCUT2D eigenvalue weighted by atomic mass is 79.9. The van der Waals surface area contributed by atoms with Crippen LogP contribution in [0.25, 0.3) is 0 Å². The minimum atomic E-state index is -0.576. The lowest BCUT2D eigenvalue weighted by atomic mass is 10.1. The van der Waals surface area contributed by atoms with Crippen LogP contribution >= 0.6 is 15.9 Å². The Balaban J connectivity index is 1.55. The van der Waals surface area contributed by atoms with E-state index < -0.39 is 17.8 Å². The number of nitrogens with zero attached hydrogens (tertiary/aromatic N) is 1. The van der Waals surface area contributed by atoms with Gasteiger partial charge in [-0.1, -0.05) is 28.1 Å². The second-order valence-corrected chi connectivity index (χ2v) is 8.10. The summed E-state index contributed by atoms with van der Waals surface area (Å²) in [5.74, 6) is -1.65. The molecule has 0 radical (unpaired) electrons. The first-order chi connectivity index (χ1) is 13.8. The van der Waals surface area contributed by atoms with E-state index in [9.17, 15) is 14.4 Å². The zero-order valence-corrected chi connectivity index (χ0v) is 18.2. The summed E-state index contributed by atoms with van der Waals surface area (Å²) in [5.41, 5.74) is 4.45. The number of carbonyl (C=O) groups excluding carboxylic acids is 3. The van der Waals surface area contributed by atoms with Crippen LogP contribution in [0.3, 0.4) is 0 Å². The molecule has 1 aliphatic rings. The van der Waals surface area contributed by atoms with Crippen molar-refractivity contribution in [2.75, 3.05) is 23.4 Å². The van der Waals surface area contributed by atoms with Crippen molar-refractivity contribution in [3.05, 3.63) is 57.6 Å². The van der Waals surface area contributed by atoms with Crippen molar-refractivity contribution >= 4 is 45.1 Å². The SMILES string of the molecule is Cc1cccc(N2C[C@@H](C(=O)OCC(=O)Nc3ccc(Br)c(C)c3C)CC2=O)c1. The molecular formula is C22H23BrN2O4. The molecule has 7 heteroatoms. The molecule has 1 atom stereocenters. The van der Waals surface area contributed by atoms with E-state index in [1.807, 2.05) is 51.1 Å². The van der Waals surface area contributed by atoms with Crippen LogP contribution in [0.4, 0.5) is 11.4 Å². The lowest BCUT2D eigenvalue weighted by Crippen LogP contribution is -2.28. The fraction of sp³-hybridized carbons (Fsp3) is 0.318. The highest BCUT2D eigenvalue weighted by Crippen LogP contribution is 2.27. The number of hydrogen-bond acceptors (Lipinski definition) is 4. The number of esters is 1. The molecule has 0 saturated carbocycles. The van der Waals surface area contributed by atoms with Crippen LogP contribution in [0, 0.1) is 26.7 Å². The quantitative estimate of drug-likeness (QED) is 0.689. The molecule has 1 saturated heterocycles. The van der Waals surface area contributed by atoms with E-state index in [1.165, 1.54) is 0 Å². The van der Waals surface area contributed by atoms with Gasteiger partial charge in [0.15, 0.2) is 6.61 Å². The van der Waals surface area contributed by atoms with Crippen LogP contribution in [0.1, 0.15) is 23.1 Å². The van der Waals surface area contributed by atoms with Crippen LogP contribution in [0.5, 0.6) is 0 Å². The first kappa shape index (κ1) is 21.0. The summed E-state index contributed by atoms with van der Waals surface area (Å²) in [6.07, 6.45) is 0.0827. The number of aryl methyl sites for hydroxylation is 1. The monoisotopic (exact) mass is 458 g/mol. The van der Waals surface area contributed by atoms with Gasteiger partial charge in [-0.15, -0.1) is 0 Å². The number of hydrogen-bond donors (Lipinski definition) is 1. The third kappa shape index (κ3) is 4.85. The number of benzene rings is 2. The predicted octanol–water partition coefficient (Wildman–Crippen LogP) is 3.91. The molecule has 0 aromatic heterocycles. The topological polar surface area (TPSA) is 75.7 Å². The van der Waals surface area contributed by atoms with Crippen LogP contribution in [-0.2, 0) is 19.1 Å². The molecule has 152 valence electrons. The summed E-state index contributed by atoms with van der Waals surface area (Å²) < 4.78 is 6.13. The summed E-state index contributed by atoms with van der Waals surface area (Å²) in [5, 5.41) is 2.76. The van der Waals surface area contributed by atoms with Gasteiger partial charge in [0, 0.05) is 28.8 Å². The molecule has 0 spiro atoms. The molecule has 0 unspecified atom stereocenters. The number of carbonyl (C=O) groups is 3. The van der Waals surface area contributed by atoms with Crippen LogP contribution in [0.15, 0.2) is 40.9 Å². The van der Waals surface area contributed by atoms with E-state index in [0.717, 1.165) is 26.9 Å². The van der Waals surface area contributed by atoms with E-state index in [0.29, 0.717) is 5.69 Å². The van der Waals surface area contributed by atoms with Crippen molar-refractivity contribution in [2.24, 2.45) is 5.92 Å². The molecule has 2 aromatic carbocycles. The standard InChI is InChI=1S/C22H23BrN2O4/c1-13-5-4-6-17(9-13)25-11-16(10-21(25)27)22(28)29-12-20(26)24-19-8-7-18(23)14(2)15(19)3/h4-9,16H,10-12H2,1-3H3,(H,24,26)/t16-/m0/s1. The molecule has 1 heterocycles. The first-order valence-electron chi connectivity index (χ1n) is 9.35. The van der Waals surface area contributed by atoms with Gasteiger partial charge in [-0.2, -0.15) is 0 Å². The Morgan fingerprint density at radius 2 is 1.93 bits per heavy atom. The normalized spacial score (nSPS) is 16.1. The third-order valence-electron chi connectivity index (χ3n) is 5.11. The minimum absolute atomic E-state index is 0.0827. The number of anilines is 2. The highest BCUT2D eigenvalue weighted by molar-refractivity contribution is 9.10. The molecule has 1 N–H and O–H groups in total. The lowest BCUT2D eigenvalue weighted by Gasteiger charge is -2.17. The Hall–Kier alpha value is -2.67. The number of ether oxygens (including phenoxy) is 1. The lowest BCUT2D eigenvalue weighted by molar-refractivity contribution is -0.151. The highest BCUT2D eigenvalue weighted by Gasteiger charge is 2.36. The number of halogens is 1. The maximum atomic E-state index is 12.4. The summed E-state index contributed by atoms with van der Waals surface area (Å²) in [4.78, 5) is 38.5. The molecule has 2 amide bonds. The molecule has 1 aliphatic heterocycles. The summed E-state index contributed by atoms with van der Waals surface area (Å²) >= 11 is 3.45. The van der Waals surface area contributed by atoms with E-state index in [-0.39, 0.29) is 25.5 Å². The molecular weight excluding hydrogens is 436 g/mol. The molecule has 0 bridgehead atoms. The van der Waals surface area contributed by atoms with Gasteiger partial charge >= 0.3 is 5.97 Å². The smallest absolute Gasteiger partial charge is 0.311 e. The second-order valence-electron chi connectivity index (χ2n) is 7.25. The van der Waals surface area contributed by atoms with Gasteiger partial charge < -0.3 is 15.0 Å². The predicted molar refractivity (Wildman–Crippen MR) is 115 cm³/mol. The van der Waals surface area contributed by atoms with E-state index >= 15 is 0 Å². The number of rotatable bonds is 5. The fourth-order valence-electron chi connectivity index (χ4n) is 3.27. The van der Waals surface area contributed by atoms with Gasteiger partial charge in [0.2, 0.25) is 5.91 Å². The molecule has 0 aliphatic carbocycles. The Morgan fingerprint density at radius 1 is 1.17 bits per heavy atom. The zero-order valence-electron chi connectivity index (χ0n) is 16.6. The summed E-state index contributed by atoms with van der Waals surface area (Å²) in [6.45, 7) is 5.68. The second kappa shape index (κ2) is 8.78. The van der Waals surface area contributed by atoms with Crippen LogP contribution < -0.4 is 10.2 Å². The number of nitrogens with one attached hydrogen (secondary N) is 1. The number of amides is 2. The van der Waals surface area contributed by atoms with Crippen molar-refractivity contribution < 1.29 is 19.1 Å². The van der Waals surface area contributed by atoms with Gasteiger partial charge in [0.1, 0.15) is 0 Å². The fourth-order valence-corrected chi connectivity index (χ4v) is 3.70. The van der Waals surface area contributed by atoms with Crippen molar-refractivity contribution in [1.29, 1.82) is 0 Å². The van der Waals surface area contributed by atoms with Crippen molar-refractivity contribution in [2.45, 2.75) is 27.2 Å². The third-order valence-corrected chi connectivity index (χ3v) is 5.97. The van der Waals surface area contributed by atoms with Crippen LogP contribution in [0.2, 0.25) is 0 Å². The van der Waals surface area contributed by atoms with Crippen molar-refractivity contribution in [3.63, 3.8) is 0 Å². The maximum Gasteiger partial charge on any atom is 0.311 e. The Kier molecular flexibility index (Phi) is 6.37.